The molecule has 6 N–H and O–H groups in total. The minimum absolute atomic E-state index is 0.0990. The maximum atomic E-state index is 11.8. The number of hydrogen-bond donors (Lipinski definition) is 5. The van der Waals surface area contributed by atoms with E-state index in [0.29, 0.717) is 36.4 Å². The van der Waals surface area contributed by atoms with Crippen LogP contribution in [0.1, 0.15) is 50.0 Å². The van der Waals surface area contributed by atoms with Gasteiger partial charge < -0.3 is 20.3 Å². The molecule has 2 unspecified atom stereocenters. The molecule has 1 fully saturated rings. The molecule has 2 aromatic heterocycles. The molecule has 1 aliphatic heterocycles. The van der Waals surface area contributed by atoms with Crippen molar-refractivity contribution in [1.29, 1.82) is 0 Å². The minimum atomic E-state index is -1.50. The summed E-state index contributed by atoms with van der Waals surface area (Å²) in [6.45, 7) is 3.18. The fraction of sp³-hybridized carbons (Fsp3) is 0.333. The third-order valence-corrected chi connectivity index (χ3v) is 6.18. The largest absolute Gasteiger partial charge is 0.367 e. The summed E-state index contributed by atoms with van der Waals surface area (Å²) >= 11 is 6.29. The van der Waals surface area contributed by atoms with Crippen molar-refractivity contribution in [2.45, 2.75) is 50.7 Å². The molecule has 1 aliphatic rings. The van der Waals surface area contributed by atoms with Crippen LogP contribution in [-0.4, -0.2) is 54.1 Å². The van der Waals surface area contributed by atoms with Gasteiger partial charge in [-0.2, -0.15) is 9.97 Å². The van der Waals surface area contributed by atoms with Gasteiger partial charge in [0.15, 0.2) is 22.8 Å². The first-order valence-electron chi connectivity index (χ1n) is 12.5. The zero-order chi connectivity index (χ0) is 28.0. The number of nitrogens with two attached hydrogens (primary N) is 1. The summed E-state index contributed by atoms with van der Waals surface area (Å²) < 4.78 is 7.65. The summed E-state index contributed by atoms with van der Waals surface area (Å²) in [4.78, 5) is 25.2. The minimum Gasteiger partial charge on any atom is -0.367 e. The Kier molecular flexibility index (Phi) is 9.10. The maximum absolute atomic E-state index is 11.8. The second kappa shape index (κ2) is 12.5. The van der Waals surface area contributed by atoms with Gasteiger partial charge in [-0.3, -0.25) is 14.8 Å². The Balaban J connectivity index is 0.000000648. The van der Waals surface area contributed by atoms with Gasteiger partial charge in [0.1, 0.15) is 12.3 Å². The molecule has 2 atom stereocenters. The third-order valence-electron chi connectivity index (χ3n) is 6.01. The number of nitrogens with zero attached hydrogens (tertiary/aromatic N) is 4. The number of rotatable bonds is 7. The highest BCUT2D eigenvalue weighted by Crippen LogP contribution is 2.33. The fourth-order valence-electron chi connectivity index (χ4n) is 4.33. The number of benzene rings is 2. The van der Waals surface area contributed by atoms with Crippen LogP contribution < -0.4 is 16.6 Å². The number of anilines is 1. The molecule has 0 aliphatic carbocycles. The zero-order valence-electron chi connectivity index (χ0n) is 21.7. The van der Waals surface area contributed by atoms with Gasteiger partial charge in [0.25, 0.3) is 5.91 Å². The second-order valence-electron chi connectivity index (χ2n) is 9.58. The molecule has 11 nitrogen and oxygen atoms in total. The first kappa shape index (κ1) is 28.4. The number of amides is 1. The van der Waals surface area contributed by atoms with Gasteiger partial charge in [-0.1, -0.05) is 60.7 Å². The van der Waals surface area contributed by atoms with E-state index in [4.69, 9.17) is 32.4 Å². The highest BCUT2D eigenvalue weighted by molar-refractivity contribution is 6.28. The maximum Gasteiger partial charge on any atom is 0.263 e. The fourth-order valence-corrected chi connectivity index (χ4v) is 4.50. The first-order valence-corrected chi connectivity index (χ1v) is 12.9. The van der Waals surface area contributed by atoms with E-state index >= 15 is 0 Å². The number of carbonyl (C=O) groups is 1. The lowest BCUT2D eigenvalue weighted by Crippen LogP contribution is -2.38. The predicted octanol–water partition coefficient (Wildman–Crippen LogP) is 3.10. The number of hydrogen-bond acceptors (Lipinski definition) is 9. The Morgan fingerprint density at radius 3 is 2.26 bits per heavy atom. The van der Waals surface area contributed by atoms with E-state index in [9.17, 15) is 4.79 Å². The molecule has 206 valence electrons. The number of hydrazine groups is 1. The van der Waals surface area contributed by atoms with E-state index in [1.807, 2.05) is 36.4 Å². The van der Waals surface area contributed by atoms with Crippen molar-refractivity contribution in [3.8, 4) is 0 Å². The van der Waals surface area contributed by atoms with Crippen molar-refractivity contribution in [2.24, 2.45) is 5.84 Å². The molecular weight excluding hydrogens is 522 g/mol. The number of nitrogens with one attached hydrogen (secondary N) is 2. The van der Waals surface area contributed by atoms with Crippen LogP contribution in [0.5, 0.6) is 0 Å². The van der Waals surface area contributed by atoms with E-state index in [0.717, 1.165) is 0 Å². The van der Waals surface area contributed by atoms with Crippen LogP contribution in [0.15, 0.2) is 67.0 Å². The molecule has 39 heavy (non-hydrogen) atoms. The molecule has 1 amide bonds. The van der Waals surface area contributed by atoms with Crippen LogP contribution in [0, 0.1) is 0 Å². The lowest BCUT2D eigenvalue weighted by Gasteiger charge is -2.19. The number of carbonyl (C=O) groups excluding carboxylic acids is 1. The van der Waals surface area contributed by atoms with E-state index in [-0.39, 0.29) is 17.1 Å². The summed E-state index contributed by atoms with van der Waals surface area (Å²) in [7, 11) is 0. The Morgan fingerprint density at radius 2 is 1.69 bits per heavy atom. The van der Waals surface area contributed by atoms with Crippen LogP contribution >= 0.6 is 11.6 Å². The van der Waals surface area contributed by atoms with E-state index in [1.165, 1.54) is 25.0 Å². The van der Waals surface area contributed by atoms with Crippen LogP contribution in [0.2, 0.25) is 5.28 Å². The molecule has 1 saturated heterocycles. The van der Waals surface area contributed by atoms with E-state index in [2.05, 4.69) is 50.0 Å². The van der Waals surface area contributed by atoms with Crippen molar-refractivity contribution in [2.75, 3.05) is 11.9 Å². The van der Waals surface area contributed by atoms with Gasteiger partial charge >= 0.3 is 0 Å². The molecule has 4 aromatic rings. The third kappa shape index (κ3) is 7.49. The van der Waals surface area contributed by atoms with Crippen molar-refractivity contribution in [3.05, 3.63) is 83.4 Å². The molecule has 0 saturated carbocycles. The molecule has 0 spiro atoms. The standard InChI is InChI=1S/C24H24ClN7O2.C3H8O2/c25-24-29-21(27-13-17(15-7-3-1-4-8-15)16-9-5-2-6-10-16)20-22(30-24)32(14-28-20)19-12-11-18(34-19)23(33)31-26;1-3(2,4)5/h1-10,14,17-19H,11-13,26H2,(H,31,33)(H,27,29,30);4-5H,1-2H3. The molecule has 0 radical (unpaired) electrons. The van der Waals surface area contributed by atoms with Gasteiger partial charge in [0.2, 0.25) is 5.28 Å². The summed E-state index contributed by atoms with van der Waals surface area (Å²) in [5.41, 5.74) is 5.63. The summed E-state index contributed by atoms with van der Waals surface area (Å²) in [5, 5.41) is 19.7. The van der Waals surface area contributed by atoms with Crippen LogP contribution in [0.25, 0.3) is 11.2 Å². The zero-order valence-corrected chi connectivity index (χ0v) is 22.4. The van der Waals surface area contributed by atoms with Gasteiger partial charge in [0, 0.05) is 12.5 Å². The van der Waals surface area contributed by atoms with E-state index in [1.54, 1.807) is 10.9 Å². The topological polar surface area (TPSA) is 160 Å². The van der Waals surface area contributed by atoms with Gasteiger partial charge in [0.05, 0.1) is 6.33 Å². The monoisotopic (exact) mass is 553 g/mol. The summed E-state index contributed by atoms with van der Waals surface area (Å²) in [6, 6.07) is 20.6. The van der Waals surface area contributed by atoms with Crippen LogP contribution in [0.3, 0.4) is 0 Å². The van der Waals surface area contributed by atoms with Crippen molar-refractivity contribution < 1.29 is 19.7 Å². The number of halogens is 1. The van der Waals surface area contributed by atoms with E-state index < -0.39 is 18.1 Å². The lowest BCUT2D eigenvalue weighted by atomic mass is 9.91. The van der Waals surface area contributed by atoms with Crippen LogP contribution in [-0.2, 0) is 9.53 Å². The smallest absolute Gasteiger partial charge is 0.263 e. The average molecular weight is 554 g/mol. The Morgan fingerprint density at radius 1 is 1.10 bits per heavy atom. The average Bonchev–Trinajstić information content (AvgIpc) is 3.56. The molecular formula is C27H32ClN7O4. The first-order chi connectivity index (χ1) is 18.6. The Labute approximate surface area is 231 Å². The summed E-state index contributed by atoms with van der Waals surface area (Å²) in [6.07, 6.45) is 1.80. The number of imidazole rings is 1. The Hall–Kier alpha value is -3.61. The number of aromatic nitrogens is 4. The van der Waals surface area contributed by atoms with Crippen molar-refractivity contribution in [3.63, 3.8) is 0 Å². The van der Waals surface area contributed by atoms with Gasteiger partial charge in [-0.05, 0) is 49.4 Å². The highest BCUT2D eigenvalue weighted by atomic mass is 35.5. The number of ether oxygens (including phenoxy) is 1. The Bertz CT molecular complexity index is 1330. The van der Waals surface area contributed by atoms with Crippen molar-refractivity contribution >= 4 is 34.5 Å². The van der Waals surface area contributed by atoms with Crippen LogP contribution in [0.4, 0.5) is 5.82 Å². The lowest BCUT2D eigenvalue weighted by molar-refractivity contribution is -0.134. The highest BCUT2D eigenvalue weighted by Gasteiger charge is 2.32. The normalized spacial score (nSPS) is 17.1. The molecule has 5 rings (SSSR count). The summed E-state index contributed by atoms with van der Waals surface area (Å²) in [5.74, 6) is 4.03. The SMILES string of the molecule is CC(C)(O)O.NNC(=O)C1CCC(n2cnc3c(NCC(c4ccccc4)c4ccccc4)nc(Cl)nc32)O1. The molecule has 3 heterocycles. The number of fused-ring (bicyclic) bond motifs is 1. The predicted molar refractivity (Wildman–Crippen MR) is 148 cm³/mol. The quantitative estimate of drug-likeness (QED) is 0.0761. The molecule has 0 bridgehead atoms. The molecule has 12 heteroatoms. The molecule has 2 aromatic carbocycles. The van der Waals surface area contributed by atoms with Crippen molar-refractivity contribution in [1.82, 2.24) is 24.9 Å². The van der Waals surface area contributed by atoms with Gasteiger partial charge in [-0.25, -0.2) is 10.8 Å². The number of aliphatic hydroxyl groups is 2. The second-order valence-corrected chi connectivity index (χ2v) is 9.92. The van der Waals surface area contributed by atoms with Gasteiger partial charge in [-0.15, -0.1) is 0 Å².